The molecule has 2 aliphatic carbocycles. The van der Waals surface area contributed by atoms with Crippen molar-refractivity contribution in [3.63, 3.8) is 0 Å². The van der Waals surface area contributed by atoms with E-state index >= 15 is 0 Å². The summed E-state index contributed by atoms with van der Waals surface area (Å²) in [6.07, 6.45) is 0.351. The SMILES string of the molecule is COC(=O)C1(C(=O)OC)CC2=C(c3ccc(C)cc3)C(O)=C(c3ccc(C)cc3)C2C1. The number of esters is 2. The zero-order valence-electron chi connectivity index (χ0n) is 18.2. The third-order valence-electron chi connectivity index (χ3n) is 6.48. The molecule has 4 rings (SSSR count). The van der Waals surface area contributed by atoms with Crippen molar-refractivity contribution in [2.24, 2.45) is 11.3 Å². The highest BCUT2D eigenvalue weighted by Crippen LogP contribution is 2.59. The van der Waals surface area contributed by atoms with Gasteiger partial charge in [0.15, 0.2) is 5.41 Å². The lowest BCUT2D eigenvalue weighted by molar-refractivity contribution is -0.168. The monoisotopic (exact) mass is 418 g/mol. The highest BCUT2D eigenvalue weighted by molar-refractivity contribution is 6.05. The van der Waals surface area contributed by atoms with Crippen molar-refractivity contribution in [3.05, 3.63) is 82.1 Å². The van der Waals surface area contributed by atoms with Gasteiger partial charge in [-0.2, -0.15) is 0 Å². The van der Waals surface area contributed by atoms with Crippen molar-refractivity contribution >= 4 is 23.1 Å². The van der Waals surface area contributed by atoms with Gasteiger partial charge in [-0.3, -0.25) is 9.59 Å². The molecule has 0 radical (unpaired) electrons. The van der Waals surface area contributed by atoms with Gasteiger partial charge < -0.3 is 14.6 Å². The van der Waals surface area contributed by atoms with E-state index in [-0.39, 0.29) is 24.5 Å². The summed E-state index contributed by atoms with van der Waals surface area (Å²) >= 11 is 0. The van der Waals surface area contributed by atoms with Gasteiger partial charge in [-0.15, -0.1) is 0 Å². The lowest BCUT2D eigenvalue weighted by Crippen LogP contribution is -2.39. The van der Waals surface area contributed by atoms with Crippen molar-refractivity contribution in [1.29, 1.82) is 0 Å². The van der Waals surface area contributed by atoms with Crippen molar-refractivity contribution in [1.82, 2.24) is 0 Å². The molecular formula is C26H26O5. The molecule has 1 saturated carbocycles. The Bertz CT molecular complexity index is 1090. The number of aryl methyl sites for hydroxylation is 2. The minimum Gasteiger partial charge on any atom is -0.507 e. The molecule has 1 unspecified atom stereocenters. The zero-order chi connectivity index (χ0) is 22.3. The third kappa shape index (κ3) is 3.25. The van der Waals surface area contributed by atoms with Gasteiger partial charge in [-0.05, 0) is 43.4 Å². The Labute approximate surface area is 182 Å². The second-order valence-corrected chi connectivity index (χ2v) is 8.39. The summed E-state index contributed by atoms with van der Waals surface area (Å²) in [6, 6.07) is 15.8. The number of aliphatic hydroxyl groups is 1. The van der Waals surface area contributed by atoms with Gasteiger partial charge in [0.2, 0.25) is 0 Å². The smallest absolute Gasteiger partial charge is 0.323 e. The van der Waals surface area contributed by atoms with E-state index in [1.165, 1.54) is 14.2 Å². The number of hydrogen-bond donors (Lipinski definition) is 1. The number of fused-ring (bicyclic) bond motifs is 1. The molecule has 2 aliphatic rings. The number of rotatable bonds is 4. The molecule has 0 amide bonds. The van der Waals surface area contributed by atoms with Crippen LogP contribution >= 0.6 is 0 Å². The molecule has 0 saturated heterocycles. The minimum atomic E-state index is -1.42. The largest absolute Gasteiger partial charge is 0.507 e. The number of ether oxygens (including phenoxy) is 2. The van der Waals surface area contributed by atoms with Crippen LogP contribution in [0, 0.1) is 25.2 Å². The van der Waals surface area contributed by atoms with E-state index in [1.807, 2.05) is 62.4 Å². The molecule has 160 valence electrons. The first kappa shape index (κ1) is 20.9. The molecule has 2 aromatic rings. The van der Waals surface area contributed by atoms with Crippen LogP contribution in [0.5, 0.6) is 0 Å². The van der Waals surface area contributed by atoms with Gasteiger partial charge in [-0.25, -0.2) is 0 Å². The van der Waals surface area contributed by atoms with E-state index in [9.17, 15) is 14.7 Å². The number of allylic oxidation sites excluding steroid dienone is 3. The second-order valence-electron chi connectivity index (χ2n) is 8.39. The first-order valence-corrected chi connectivity index (χ1v) is 10.3. The van der Waals surface area contributed by atoms with Crippen LogP contribution in [-0.4, -0.2) is 31.3 Å². The number of methoxy groups -OCH3 is 2. The maximum absolute atomic E-state index is 12.8. The molecule has 2 aromatic carbocycles. The quantitative estimate of drug-likeness (QED) is 0.571. The molecule has 0 heterocycles. The van der Waals surface area contributed by atoms with Gasteiger partial charge in [0, 0.05) is 17.1 Å². The summed E-state index contributed by atoms with van der Waals surface area (Å²) in [5.41, 5.74) is 4.82. The summed E-state index contributed by atoms with van der Waals surface area (Å²) in [7, 11) is 2.56. The van der Waals surface area contributed by atoms with Crippen LogP contribution < -0.4 is 0 Å². The summed E-state index contributed by atoms with van der Waals surface area (Å²) < 4.78 is 10.1. The molecular weight excluding hydrogens is 392 g/mol. The molecule has 1 fully saturated rings. The van der Waals surface area contributed by atoms with Gasteiger partial charge >= 0.3 is 11.9 Å². The van der Waals surface area contributed by atoms with E-state index in [0.717, 1.165) is 33.4 Å². The van der Waals surface area contributed by atoms with Gasteiger partial charge in [0.1, 0.15) is 5.76 Å². The van der Waals surface area contributed by atoms with Crippen molar-refractivity contribution in [2.75, 3.05) is 14.2 Å². The molecule has 0 aliphatic heterocycles. The summed E-state index contributed by atoms with van der Waals surface area (Å²) in [5, 5.41) is 11.4. The molecule has 1 N–H and O–H groups in total. The normalized spacial score (nSPS) is 19.4. The highest BCUT2D eigenvalue weighted by Gasteiger charge is 2.59. The zero-order valence-corrected chi connectivity index (χ0v) is 18.2. The first-order valence-electron chi connectivity index (χ1n) is 10.3. The number of aliphatic hydroxyl groups excluding tert-OH is 1. The number of hydrogen-bond acceptors (Lipinski definition) is 5. The van der Waals surface area contributed by atoms with Gasteiger partial charge in [0.05, 0.1) is 14.2 Å². The lowest BCUT2D eigenvalue weighted by Gasteiger charge is -2.24. The van der Waals surface area contributed by atoms with E-state index < -0.39 is 17.4 Å². The van der Waals surface area contributed by atoms with Gasteiger partial charge in [-0.1, -0.05) is 59.7 Å². The number of carbonyl (C=O) groups excluding carboxylic acids is 2. The Kier molecular flexibility index (Phi) is 5.21. The average molecular weight is 418 g/mol. The van der Waals surface area contributed by atoms with E-state index in [0.29, 0.717) is 5.57 Å². The Morgan fingerprint density at radius 3 is 1.84 bits per heavy atom. The van der Waals surface area contributed by atoms with Crippen LogP contribution in [0.1, 0.15) is 35.1 Å². The van der Waals surface area contributed by atoms with Crippen LogP contribution in [-0.2, 0) is 19.1 Å². The number of benzene rings is 2. The maximum Gasteiger partial charge on any atom is 0.323 e. The van der Waals surface area contributed by atoms with Crippen LogP contribution in [0.4, 0.5) is 0 Å². The van der Waals surface area contributed by atoms with Crippen molar-refractivity contribution < 1.29 is 24.2 Å². The Hall–Kier alpha value is -3.34. The van der Waals surface area contributed by atoms with Gasteiger partial charge in [0.25, 0.3) is 0 Å². The fourth-order valence-corrected chi connectivity index (χ4v) is 4.88. The summed E-state index contributed by atoms with van der Waals surface area (Å²) in [6.45, 7) is 4.00. The standard InChI is InChI=1S/C26H26O5/c1-15-5-9-17(10-6-15)21-19-13-26(24(28)30-3,25(29)31-4)14-20(19)22(23(21)27)18-11-7-16(2)8-12-18/h5-12,19,27H,13-14H2,1-4H3. The molecule has 5 heteroatoms. The molecule has 1 atom stereocenters. The van der Waals surface area contributed by atoms with Crippen molar-refractivity contribution in [3.8, 4) is 0 Å². The fourth-order valence-electron chi connectivity index (χ4n) is 4.88. The summed E-state index contributed by atoms with van der Waals surface area (Å²) in [5.74, 6) is -1.28. The lowest BCUT2D eigenvalue weighted by atomic mass is 9.82. The Morgan fingerprint density at radius 1 is 0.871 bits per heavy atom. The molecule has 0 spiro atoms. The second kappa shape index (κ2) is 7.73. The molecule has 31 heavy (non-hydrogen) atoms. The predicted molar refractivity (Wildman–Crippen MR) is 118 cm³/mol. The van der Waals surface area contributed by atoms with E-state index in [4.69, 9.17) is 9.47 Å². The highest BCUT2D eigenvalue weighted by atomic mass is 16.5. The molecule has 5 nitrogen and oxygen atoms in total. The Balaban J connectivity index is 1.92. The van der Waals surface area contributed by atoms with Crippen LogP contribution in [0.25, 0.3) is 11.1 Å². The molecule has 0 aromatic heterocycles. The topological polar surface area (TPSA) is 72.8 Å². The number of carbonyl (C=O) groups is 2. The molecule has 0 bridgehead atoms. The third-order valence-corrected chi connectivity index (χ3v) is 6.48. The fraction of sp³-hybridized carbons (Fsp3) is 0.308. The predicted octanol–water partition coefficient (Wildman–Crippen LogP) is 4.78. The van der Waals surface area contributed by atoms with E-state index in [2.05, 4.69) is 0 Å². The average Bonchev–Trinajstić information content (AvgIpc) is 3.27. The first-order chi connectivity index (χ1) is 14.8. The van der Waals surface area contributed by atoms with Crippen LogP contribution in [0.2, 0.25) is 0 Å². The Morgan fingerprint density at radius 2 is 1.35 bits per heavy atom. The van der Waals surface area contributed by atoms with Crippen LogP contribution in [0.3, 0.4) is 0 Å². The maximum atomic E-state index is 12.8. The van der Waals surface area contributed by atoms with Crippen molar-refractivity contribution in [2.45, 2.75) is 26.7 Å². The minimum absolute atomic E-state index is 0.152. The van der Waals surface area contributed by atoms with E-state index in [1.54, 1.807) is 0 Å². The van der Waals surface area contributed by atoms with Crippen LogP contribution in [0.15, 0.2) is 59.9 Å². The summed E-state index contributed by atoms with van der Waals surface area (Å²) in [4.78, 5) is 25.6.